The van der Waals surface area contributed by atoms with E-state index in [1.807, 2.05) is 6.07 Å². The van der Waals surface area contributed by atoms with Gasteiger partial charge in [0.1, 0.15) is 5.82 Å². The molecule has 0 aliphatic rings. The molecule has 0 aliphatic heterocycles. The highest BCUT2D eigenvalue weighted by Gasteiger charge is 2.24. The Bertz CT molecular complexity index is 1030. The first-order chi connectivity index (χ1) is 12.9. The number of aryl methyl sites for hydroxylation is 3. The second-order valence-electron chi connectivity index (χ2n) is 7.59. The standard InChI is InChI=1S/C19H25N5O3S/c1-13-7-8-15(28(26,27)23-19(3,4)5)12-16(13)18(25)21-17-11-14(2)22-24(17)10-6-9-20/h7-8,11-12,23H,6,10H2,1-5H3,(H,21,25). The lowest BCUT2D eigenvalue weighted by Gasteiger charge is -2.20. The molecule has 0 saturated carbocycles. The number of carbonyl (C=O) groups excluding carboxylic acids is 1. The zero-order chi connectivity index (χ0) is 21.1. The van der Waals surface area contributed by atoms with Crippen molar-refractivity contribution in [2.45, 2.75) is 58.0 Å². The minimum atomic E-state index is -3.76. The Hall–Kier alpha value is -2.70. The topological polar surface area (TPSA) is 117 Å². The minimum Gasteiger partial charge on any atom is -0.307 e. The molecular formula is C19H25N5O3S. The highest BCUT2D eigenvalue weighted by atomic mass is 32.2. The van der Waals surface area contributed by atoms with Crippen molar-refractivity contribution in [3.63, 3.8) is 0 Å². The molecule has 0 fully saturated rings. The van der Waals surface area contributed by atoms with Crippen LogP contribution in [-0.4, -0.2) is 29.6 Å². The summed E-state index contributed by atoms with van der Waals surface area (Å²) in [7, 11) is -3.76. The molecule has 2 N–H and O–H groups in total. The Balaban J connectivity index is 2.33. The second kappa shape index (κ2) is 8.12. The number of anilines is 1. The van der Waals surface area contributed by atoms with Crippen LogP contribution in [0.5, 0.6) is 0 Å². The molecule has 2 rings (SSSR count). The van der Waals surface area contributed by atoms with Crippen molar-refractivity contribution in [2.24, 2.45) is 0 Å². The van der Waals surface area contributed by atoms with Crippen molar-refractivity contribution in [3.05, 3.63) is 41.1 Å². The van der Waals surface area contributed by atoms with Gasteiger partial charge in [-0.1, -0.05) is 6.07 Å². The summed E-state index contributed by atoms with van der Waals surface area (Å²) in [5.74, 6) is 0.0154. The Kier molecular flexibility index (Phi) is 6.27. The average molecular weight is 404 g/mol. The maximum atomic E-state index is 12.8. The van der Waals surface area contributed by atoms with E-state index in [9.17, 15) is 13.2 Å². The van der Waals surface area contributed by atoms with E-state index in [-0.39, 0.29) is 16.9 Å². The van der Waals surface area contributed by atoms with Gasteiger partial charge < -0.3 is 5.32 Å². The van der Waals surface area contributed by atoms with E-state index >= 15 is 0 Å². The van der Waals surface area contributed by atoms with Gasteiger partial charge in [0.2, 0.25) is 10.0 Å². The van der Waals surface area contributed by atoms with Gasteiger partial charge in [0.05, 0.1) is 29.6 Å². The number of rotatable bonds is 6. The van der Waals surface area contributed by atoms with E-state index in [4.69, 9.17) is 5.26 Å². The van der Waals surface area contributed by atoms with Crippen LogP contribution >= 0.6 is 0 Å². The lowest BCUT2D eigenvalue weighted by Crippen LogP contribution is -2.40. The number of nitrogens with one attached hydrogen (secondary N) is 2. The van der Waals surface area contributed by atoms with Crippen molar-refractivity contribution >= 4 is 21.7 Å². The highest BCUT2D eigenvalue weighted by molar-refractivity contribution is 7.89. The van der Waals surface area contributed by atoms with Gasteiger partial charge in [0.15, 0.2) is 0 Å². The molecular weight excluding hydrogens is 378 g/mol. The van der Waals surface area contributed by atoms with Crippen LogP contribution in [0.1, 0.15) is 48.8 Å². The Morgan fingerprint density at radius 1 is 1.25 bits per heavy atom. The van der Waals surface area contributed by atoms with Gasteiger partial charge in [-0.25, -0.2) is 17.8 Å². The molecule has 150 valence electrons. The molecule has 0 saturated heterocycles. The van der Waals surface area contributed by atoms with Gasteiger partial charge in [-0.3, -0.25) is 4.79 Å². The number of amides is 1. The molecule has 0 atom stereocenters. The molecule has 1 heterocycles. The summed E-state index contributed by atoms with van der Waals surface area (Å²) in [5.41, 5.74) is 0.960. The third-order valence-corrected chi connectivity index (χ3v) is 5.54. The molecule has 0 radical (unpaired) electrons. The lowest BCUT2D eigenvalue weighted by atomic mass is 10.1. The summed E-state index contributed by atoms with van der Waals surface area (Å²) in [4.78, 5) is 12.8. The zero-order valence-corrected chi connectivity index (χ0v) is 17.5. The molecule has 2 aromatic rings. The van der Waals surface area contributed by atoms with E-state index in [0.717, 1.165) is 0 Å². The number of sulfonamides is 1. The summed E-state index contributed by atoms with van der Waals surface area (Å²) in [6.07, 6.45) is 0.259. The first-order valence-electron chi connectivity index (χ1n) is 8.80. The van der Waals surface area contributed by atoms with E-state index < -0.39 is 21.5 Å². The monoisotopic (exact) mass is 403 g/mol. The first-order valence-corrected chi connectivity index (χ1v) is 10.3. The molecule has 9 heteroatoms. The third kappa shape index (κ3) is 5.41. The second-order valence-corrected chi connectivity index (χ2v) is 9.27. The van der Waals surface area contributed by atoms with E-state index in [1.165, 1.54) is 12.1 Å². The molecule has 8 nitrogen and oxygen atoms in total. The normalized spacial score (nSPS) is 11.9. The SMILES string of the molecule is Cc1cc(NC(=O)c2cc(S(=O)(=O)NC(C)(C)C)ccc2C)n(CCC#N)n1. The number of carbonyl (C=O) groups is 1. The third-order valence-electron chi connectivity index (χ3n) is 3.78. The highest BCUT2D eigenvalue weighted by Crippen LogP contribution is 2.20. The van der Waals surface area contributed by atoms with E-state index in [0.29, 0.717) is 23.6 Å². The van der Waals surface area contributed by atoms with Gasteiger partial charge >= 0.3 is 0 Å². The van der Waals surface area contributed by atoms with Crippen LogP contribution in [0.2, 0.25) is 0 Å². The van der Waals surface area contributed by atoms with Gasteiger partial charge in [-0.2, -0.15) is 10.4 Å². The van der Waals surface area contributed by atoms with Gasteiger partial charge in [-0.05, 0) is 52.3 Å². The fourth-order valence-electron chi connectivity index (χ4n) is 2.63. The quantitative estimate of drug-likeness (QED) is 0.769. The van der Waals surface area contributed by atoms with Crippen LogP contribution in [0.25, 0.3) is 0 Å². The number of aromatic nitrogens is 2. The Morgan fingerprint density at radius 3 is 2.54 bits per heavy atom. The maximum Gasteiger partial charge on any atom is 0.257 e. The van der Waals surface area contributed by atoms with Crippen LogP contribution in [0.4, 0.5) is 5.82 Å². The zero-order valence-electron chi connectivity index (χ0n) is 16.7. The van der Waals surface area contributed by atoms with Crippen molar-refractivity contribution in [2.75, 3.05) is 5.32 Å². The predicted molar refractivity (Wildman–Crippen MR) is 106 cm³/mol. The minimum absolute atomic E-state index is 0.0207. The molecule has 0 bridgehead atoms. The molecule has 0 spiro atoms. The summed E-state index contributed by atoms with van der Waals surface area (Å²) >= 11 is 0. The van der Waals surface area contributed by atoms with Crippen LogP contribution in [0.15, 0.2) is 29.2 Å². The summed E-state index contributed by atoms with van der Waals surface area (Å²) in [6.45, 7) is 9.12. The van der Waals surface area contributed by atoms with Crippen LogP contribution < -0.4 is 10.0 Å². The number of nitrogens with zero attached hydrogens (tertiary/aromatic N) is 3. The average Bonchev–Trinajstić information content (AvgIpc) is 2.90. The van der Waals surface area contributed by atoms with Crippen molar-refractivity contribution < 1.29 is 13.2 Å². The molecule has 1 aromatic heterocycles. The molecule has 0 aliphatic carbocycles. The van der Waals surface area contributed by atoms with E-state index in [1.54, 1.807) is 51.4 Å². The van der Waals surface area contributed by atoms with Crippen LogP contribution in [0, 0.1) is 25.2 Å². The van der Waals surface area contributed by atoms with Gasteiger partial charge in [-0.15, -0.1) is 0 Å². The van der Waals surface area contributed by atoms with Crippen molar-refractivity contribution in [3.8, 4) is 6.07 Å². The fraction of sp³-hybridized carbons (Fsp3) is 0.421. The fourth-order valence-corrected chi connectivity index (χ4v) is 4.08. The molecule has 1 aromatic carbocycles. The molecule has 1 amide bonds. The predicted octanol–water partition coefficient (Wildman–Crippen LogP) is 2.74. The number of nitriles is 1. The Labute approximate surface area is 165 Å². The van der Waals surface area contributed by atoms with Gasteiger partial charge in [0.25, 0.3) is 5.91 Å². The van der Waals surface area contributed by atoms with Crippen molar-refractivity contribution in [1.29, 1.82) is 5.26 Å². The molecule has 28 heavy (non-hydrogen) atoms. The smallest absolute Gasteiger partial charge is 0.257 e. The van der Waals surface area contributed by atoms with E-state index in [2.05, 4.69) is 15.1 Å². The molecule has 0 unspecified atom stereocenters. The summed E-state index contributed by atoms with van der Waals surface area (Å²) in [6, 6.07) is 8.18. The Morgan fingerprint density at radius 2 is 1.93 bits per heavy atom. The maximum absolute atomic E-state index is 12.8. The van der Waals surface area contributed by atoms with Crippen molar-refractivity contribution in [1.82, 2.24) is 14.5 Å². The number of benzene rings is 1. The van der Waals surface area contributed by atoms with Gasteiger partial charge in [0, 0.05) is 17.2 Å². The summed E-state index contributed by atoms with van der Waals surface area (Å²) in [5, 5.41) is 15.8. The lowest BCUT2D eigenvalue weighted by molar-refractivity contribution is 0.102. The first kappa shape index (κ1) is 21.6. The van der Waals surface area contributed by atoms with Crippen LogP contribution in [-0.2, 0) is 16.6 Å². The summed E-state index contributed by atoms with van der Waals surface area (Å²) < 4.78 is 29.3. The number of hydrogen-bond donors (Lipinski definition) is 2. The van der Waals surface area contributed by atoms with Crippen LogP contribution in [0.3, 0.4) is 0 Å². The largest absolute Gasteiger partial charge is 0.307 e. The number of hydrogen-bond acceptors (Lipinski definition) is 5.